The molecule has 2 N–H and O–H groups in total. The van der Waals surface area contributed by atoms with Crippen molar-refractivity contribution in [1.29, 1.82) is 0 Å². The third kappa shape index (κ3) is 4.03. The Morgan fingerprint density at radius 2 is 2.11 bits per heavy atom. The summed E-state index contributed by atoms with van der Waals surface area (Å²) in [7, 11) is 0. The highest BCUT2D eigenvalue weighted by Crippen LogP contribution is 2.24. The third-order valence-electron chi connectivity index (χ3n) is 3.84. The van der Waals surface area contributed by atoms with Gasteiger partial charge in [-0.25, -0.2) is 4.39 Å². The molecule has 19 heavy (non-hydrogen) atoms. The molecular weight excluding hydrogens is 243 g/mol. The molecule has 2 rings (SSSR count). The molecule has 104 valence electrons. The van der Waals surface area contributed by atoms with Crippen LogP contribution in [-0.2, 0) is 4.79 Å². The van der Waals surface area contributed by atoms with Gasteiger partial charge in [0.15, 0.2) is 0 Å². The van der Waals surface area contributed by atoms with Crippen LogP contribution in [0.4, 0.5) is 10.1 Å². The second-order valence-electron chi connectivity index (χ2n) is 5.30. The second kappa shape index (κ2) is 6.66. The van der Waals surface area contributed by atoms with Crippen LogP contribution in [0.25, 0.3) is 0 Å². The normalized spacial score (nSPS) is 18.0. The van der Waals surface area contributed by atoms with E-state index in [0.717, 1.165) is 25.9 Å². The summed E-state index contributed by atoms with van der Waals surface area (Å²) in [5.41, 5.74) is 0.269. The summed E-state index contributed by atoms with van der Waals surface area (Å²) in [6.45, 7) is 4.17. The highest BCUT2D eigenvalue weighted by Gasteiger charge is 2.22. The van der Waals surface area contributed by atoms with Gasteiger partial charge in [0, 0.05) is 6.42 Å². The van der Waals surface area contributed by atoms with Crippen LogP contribution < -0.4 is 10.6 Å². The lowest BCUT2D eigenvalue weighted by atomic mass is 9.84. The van der Waals surface area contributed by atoms with Gasteiger partial charge in [0.05, 0.1) is 5.69 Å². The number of hydrogen-bond donors (Lipinski definition) is 2. The number of anilines is 1. The molecule has 0 bridgehead atoms. The minimum Gasteiger partial charge on any atom is -0.324 e. The zero-order valence-electron chi connectivity index (χ0n) is 11.3. The zero-order chi connectivity index (χ0) is 13.7. The standard InChI is InChI=1S/C15H21FN2O/c1-11(12-6-8-17-9-7-12)10-15(19)18-14-5-3-2-4-13(14)16/h2-5,11-12,17H,6-10H2,1H3,(H,18,19). The Bertz CT molecular complexity index is 430. The predicted molar refractivity (Wildman–Crippen MR) is 74.4 cm³/mol. The molecule has 0 spiro atoms. The van der Waals surface area contributed by atoms with Gasteiger partial charge in [-0.1, -0.05) is 19.1 Å². The number of carbonyl (C=O) groups excluding carboxylic acids is 1. The quantitative estimate of drug-likeness (QED) is 0.878. The number of nitrogens with one attached hydrogen (secondary N) is 2. The van der Waals surface area contributed by atoms with Gasteiger partial charge in [-0.2, -0.15) is 0 Å². The molecule has 0 aliphatic carbocycles. The van der Waals surface area contributed by atoms with Crippen LogP contribution in [0, 0.1) is 17.7 Å². The molecule has 1 amide bonds. The molecule has 0 saturated carbocycles. The zero-order valence-corrected chi connectivity index (χ0v) is 11.3. The van der Waals surface area contributed by atoms with Crippen molar-refractivity contribution in [2.24, 2.45) is 11.8 Å². The average Bonchev–Trinajstić information content (AvgIpc) is 2.42. The number of carbonyl (C=O) groups is 1. The fraction of sp³-hybridized carbons (Fsp3) is 0.533. The van der Waals surface area contributed by atoms with Gasteiger partial charge in [-0.3, -0.25) is 4.79 Å². The van der Waals surface area contributed by atoms with Crippen LogP contribution in [0.1, 0.15) is 26.2 Å². The maximum absolute atomic E-state index is 13.4. The number of benzene rings is 1. The van der Waals surface area contributed by atoms with Crippen LogP contribution in [-0.4, -0.2) is 19.0 Å². The van der Waals surface area contributed by atoms with Crippen molar-refractivity contribution in [2.75, 3.05) is 18.4 Å². The van der Waals surface area contributed by atoms with Crippen molar-refractivity contribution < 1.29 is 9.18 Å². The molecule has 0 radical (unpaired) electrons. The maximum atomic E-state index is 13.4. The van der Waals surface area contributed by atoms with E-state index in [-0.39, 0.29) is 17.4 Å². The van der Waals surface area contributed by atoms with E-state index in [1.807, 2.05) is 0 Å². The first kappa shape index (κ1) is 14.0. The Labute approximate surface area is 113 Å². The molecule has 1 heterocycles. The van der Waals surface area contributed by atoms with E-state index in [4.69, 9.17) is 0 Å². The average molecular weight is 264 g/mol. The Hall–Kier alpha value is -1.42. The first-order valence-electron chi connectivity index (χ1n) is 6.92. The topological polar surface area (TPSA) is 41.1 Å². The van der Waals surface area contributed by atoms with E-state index >= 15 is 0 Å². The van der Waals surface area contributed by atoms with Crippen LogP contribution in [0.5, 0.6) is 0 Å². The number of para-hydroxylation sites is 1. The summed E-state index contributed by atoms with van der Waals surface area (Å²) in [5.74, 6) is 0.447. The molecule has 4 heteroatoms. The van der Waals surface area contributed by atoms with Crippen molar-refractivity contribution in [3.05, 3.63) is 30.1 Å². The molecule has 1 unspecified atom stereocenters. The molecule has 1 atom stereocenters. The summed E-state index contributed by atoms with van der Waals surface area (Å²) >= 11 is 0. The Balaban J connectivity index is 1.85. The van der Waals surface area contributed by atoms with E-state index in [0.29, 0.717) is 18.3 Å². The van der Waals surface area contributed by atoms with Crippen molar-refractivity contribution >= 4 is 11.6 Å². The minimum atomic E-state index is -0.384. The monoisotopic (exact) mass is 264 g/mol. The van der Waals surface area contributed by atoms with Gasteiger partial charge in [0.25, 0.3) is 0 Å². The van der Waals surface area contributed by atoms with Crippen LogP contribution in [0.2, 0.25) is 0 Å². The van der Waals surface area contributed by atoms with Gasteiger partial charge >= 0.3 is 0 Å². The van der Waals surface area contributed by atoms with Gasteiger partial charge in [-0.05, 0) is 49.9 Å². The number of amides is 1. The molecule has 1 aliphatic heterocycles. The molecule has 0 aromatic heterocycles. The SMILES string of the molecule is CC(CC(=O)Nc1ccccc1F)C1CCNCC1. The highest BCUT2D eigenvalue weighted by molar-refractivity contribution is 5.90. The number of halogens is 1. The van der Waals surface area contributed by atoms with E-state index in [1.54, 1.807) is 18.2 Å². The summed E-state index contributed by atoms with van der Waals surface area (Å²) in [6, 6.07) is 6.27. The van der Waals surface area contributed by atoms with E-state index < -0.39 is 0 Å². The van der Waals surface area contributed by atoms with E-state index in [2.05, 4.69) is 17.6 Å². The summed E-state index contributed by atoms with van der Waals surface area (Å²) < 4.78 is 13.4. The molecule has 1 aliphatic rings. The van der Waals surface area contributed by atoms with Gasteiger partial charge < -0.3 is 10.6 Å². The van der Waals surface area contributed by atoms with E-state index in [9.17, 15) is 9.18 Å². The second-order valence-corrected chi connectivity index (χ2v) is 5.30. The van der Waals surface area contributed by atoms with Gasteiger partial charge in [-0.15, -0.1) is 0 Å². The fourth-order valence-corrected chi connectivity index (χ4v) is 2.64. The highest BCUT2D eigenvalue weighted by atomic mass is 19.1. The van der Waals surface area contributed by atoms with Crippen LogP contribution in [0.3, 0.4) is 0 Å². The first-order chi connectivity index (χ1) is 9.16. The van der Waals surface area contributed by atoms with Crippen molar-refractivity contribution in [1.82, 2.24) is 5.32 Å². The fourth-order valence-electron chi connectivity index (χ4n) is 2.64. The lowest BCUT2D eigenvalue weighted by Crippen LogP contribution is -2.32. The van der Waals surface area contributed by atoms with Gasteiger partial charge in [0.1, 0.15) is 5.82 Å². The van der Waals surface area contributed by atoms with Crippen LogP contribution in [0.15, 0.2) is 24.3 Å². The van der Waals surface area contributed by atoms with Crippen molar-refractivity contribution in [3.63, 3.8) is 0 Å². The Kier molecular flexibility index (Phi) is 4.91. The van der Waals surface area contributed by atoms with Crippen LogP contribution >= 0.6 is 0 Å². The van der Waals surface area contributed by atoms with Crippen molar-refractivity contribution in [3.8, 4) is 0 Å². The number of rotatable bonds is 4. The molecule has 1 aromatic carbocycles. The van der Waals surface area contributed by atoms with E-state index in [1.165, 1.54) is 6.07 Å². The number of hydrogen-bond acceptors (Lipinski definition) is 2. The molecule has 1 saturated heterocycles. The minimum absolute atomic E-state index is 0.101. The summed E-state index contributed by atoms with van der Waals surface area (Å²) in [5, 5.41) is 5.97. The lowest BCUT2D eigenvalue weighted by Gasteiger charge is -2.27. The lowest BCUT2D eigenvalue weighted by molar-refractivity contribution is -0.117. The number of piperidine rings is 1. The maximum Gasteiger partial charge on any atom is 0.224 e. The molecule has 3 nitrogen and oxygen atoms in total. The molecular formula is C15H21FN2O. The predicted octanol–water partition coefficient (Wildman–Crippen LogP) is 2.79. The Morgan fingerprint density at radius 3 is 2.79 bits per heavy atom. The first-order valence-corrected chi connectivity index (χ1v) is 6.92. The third-order valence-corrected chi connectivity index (χ3v) is 3.84. The summed E-state index contributed by atoms with van der Waals surface area (Å²) in [4.78, 5) is 11.9. The van der Waals surface area contributed by atoms with Gasteiger partial charge in [0.2, 0.25) is 5.91 Å². The Morgan fingerprint density at radius 1 is 1.42 bits per heavy atom. The largest absolute Gasteiger partial charge is 0.324 e. The van der Waals surface area contributed by atoms with Crippen molar-refractivity contribution in [2.45, 2.75) is 26.2 Å². The smallest absolute Gasteiger partial charge is 0.224 e. The molecule has 1 fully saturated rings. The summed E-state index contributed by atoms with van der Waals surface area (Å²) in [6.07, 6.45) is 2.70. The molecule has 1 aromatic rings.